The van der Waals surface area contributed by atoms with Gasteiger partial charge in [-0.25, -0.2) is 0 Å². The third-order valence-electron chi connectivity index (χ3n) is 3.90. The highest BCUT2D eigenvalue weighted by Gasteiger charge is 2.32. The van der Waals surface area contributed by atoms with Crippen molar-refractivity contribution >= 4 is 5.97 Å². The zero-order valence-corrected chi connectivity index (χ0v) is 10.9. The maximum Gasteiger partial charge on any atom is 0.313 e. The van der Waals surface area contributed by atoms with E-state index in [4.69, 9.17) is 10.5 Å². The van der Waals surface area contributed by atoms with Crippen LogP contribution in [0.5, 0.6) is 0 Å². The molecule has 0 aliphatic heterocycles. The van der Waals surface area contributed by atoms with Gasteiger partial charge >= 0.3 is 5.97 Å². The molecule has 1 aromatic carbocycles. The van der Waals surface area contributed by atoms with Crippen molar-refractivity contribution in [2.75, 3.05) is 7.11 Å². The first-order valence-electron chi connectivity index (χ1n) is 6.63. The average Bonchev–Trinajstić information content (AvgIpc) is 2.93. The van der Waals surface area contributed by atoms with Crippen LogP contribution in [0.2, 0.25) is 0 Å². The van der Waals surface area contributed by atoms with E-state index in [9.17, 15) is 4.79 Å². The van der Waals surface area contributed by atoms with E-state index in [0.29, 0.717) is 12.5 Å². The molecular formula is C15H21NO2. The van der Waals surface area contributed by atoms with E-state index in [1.54, 1.807) is 0 Å². The second kappa shape index (κ2) is 6.01. The van der Waals surface area contributed by atoms with E-state index < -0.39 is 0 Å². The number of carbonyl (C=O) groups is 1. The Morgan fingerprint density at radius 2 is 1.94 bits per heavy atom. The molecule has 0 spiro atoms. The summed E-state index contributed by atoms with van der Waals surface area (Å²) in [6, 6.07) is 8.03. The molecule has 0 bridgehead atoms. The Morgan fingerprint density at radius 3 is 2.44 bits per heavy atom. The molecule has 1 aliphatic carbocycles. The quantitative estimate of drug-likeness (QED) is 0.832. The number of esters is 1. The van der Waals surface area contributed by atoms with E-state index in [1.165, 1.54) is 20.0 Å². The number of nitrogens with two attached hydrogens (primary N) is 1. The van der Waals surface area contributed by atoms with Gasteiger partial charge in [0, 0.05) is 6.54 Å². The molecule has 1 aliphatic rings. The highest BCUT2D eigenvalue weighted by molar-refractivity contribution is 5.78. The Labute approximate surface area is 108 Å². The molecule has 1 atom stereocenters. The summed E-state index contributed by atoms with van der Waals surface area (Å²) in [6.07, 6.45) is 4.69. The molecule has 0 amide bonds. The van der Waals surface area contributed by atoms with Gasteiger partial charge in [0.2, 0.25) is 0 Å². The molecule has 0 heterocycles. The number of carbonyl (C=O) groups excluding carboxylic acids is 1. The minimum atomic E-state index is -0.109. The van der Waals surface area contributed by atoms with Crippen molar-refractivity contribution in [2.45, 2.75) is 38.1 Å². The first kappa shape index (κ1) is 13.1. The lowest BCUT2D eigenvalue weighted by Gasteiger charge is -2.21. The first-order chi connectivity index (χ1) is 8.76. The summed E-state index contributed by atoms with van der Waals surface area (Å²) in [6.45, 7) is 0.534. The number of methoxy groups -OCH3 is 1. The van der Waals surface area contributed by atoms with Crippen LogP contribution in [0.4, 0.5) is 0 Å². The molecule has 98 valence electrons. The normalized spacial score (nSPS) is 17.7. The van der Waals surface area contributed by atoms with Crippen molar-refractivity contribution in [3.63, 3.8) is 0 Å². The fourth-order valence-corrected chi connectivity index (χ4v) is 2.88. The predicted molar refractivity (Wildman–Crippen MR) is 71.0 cm³/mol. The van der Waals surface area contributed by atoms with Crippen LogP contribution >= 0.6 is 0 Å². The van der Waals surface area contributed by atoms with Crippen LogP contribution in [-0.2, 0) is 16.1 Å². The Kier molecular flexibility index (Phi) is 4.37. The van der Waals surface area contributed by atoms with Crippen molar-refractivity contribution in [3.05, 3.63) is 35.4 Å². The third kappa shape index (κ3) is 2.72. The molecular weight excluding hydrogens is 226 g/mol. The lowest BCUT2D eigenvalue weighted by molar-refractivity contribution is -0.143. The first-order valence-corrected chi connectivity index (χ1v) is 6.63. The van der Waals surface area contributed by atoms with Crippen molar-refractivity contribution in [1.82, 2.24) is 0 Å². The van der Waals surface area contributed by atoms with Crippen molar-refractivity contribution in [3.8, 4) is 0 Å². The van der Waals surface area contributed by atoms with Crippen LogP contribution < -0.4 is 5.73 Å². The maximum atomic E-state index is 12.0. The average molecular weight is 247 g/mol. The molecule has 0 aromatic heterocycles. The fourth-order valence-electron chi connectivity index (χ4n) is 2.88. The molecule has 1 aromatic rings. The lowest BCUT2D eigenvalue weighted by atomic mass is 9.84. The minimum Gasteiger partial charge on any atom is -0.469 e. The van der Waals surface area contributed by atoms with Crippen LogP contribution in [0.1, 0.15) is 42.7 Å². The molecule has 1 unspecified atom stereocenters. The second-order valence-corrected chi connectivity index (χ2v) is 4.99. The van der Waals surface area contributed by atoms with Gasteiger partial charge in [0.05, 0.1) is 13.0 Å². The molecule has 2 rings (SSSR count). The highest BCUT2D eigenvalue weighted by Crippen LogP contribution is 2.38. The maximum absolute atomic E-state index is 12.0. The van der Waals surface area contributed by atoms with Gasteiger partial charge < -0.3 is 10.5 Å². The predicted octanol–water partition coefficient (Wildman–Crippen LogP) is 2.59. The summed E-state index contributed by atoms with van der Waals surface area (Å²) in [5, 5.41) is 0. The molecule has 1 fully saturated rings. The smallest absolute Gasteiger partial charge is 0.313 e. The van der Waals surface area contributed by atoms with Gasteiger partial charge in [-0.1, -0.05) is 37.1 Å². The lowest BCUT2D eigenvalue weighted by Crippen LogP contribution is -2.21. The Morgan fingerprint density at radius 1 is 1.33 bits per heavy atom. The summed E-state index contributed by atoms with van der Waals surface area (Å²) in [7, 11) is 1.47. The molecule has 3 nitrogen and oxygen atoms in total. The van der Waals surface area contributed by atoms with Crippen LogP contribution in [0.15, 0.2) is 24.3 Å². The van der Waals surface area contributed by atoms with E-state index in [1.807, 2.05) is 24.3 Å². The van der Waals surface area contributed by atoms with Crippen LogP contribution in [0, 0.1) is 5.92 Å². The molecule has 0 saturated heterocycles. The Balaban J connectivity index is 2.23. The summed E-state index contributed by atoms with van der Waals surface area (Å²) in [4.78, 5) is 12.0. The molecule has 2 N–H and O–H groups in total. The monoisotopic (exact) mass is 247 g/mol. The van der Waals surface area contributed by atoms with E-state index in [0.717, 1.165) is 24.0 Å². The SMILES string of the molecule is COC(=O)C(c1ccc(CN)cc1)C1CCCC1. The number of hydrogen-bond donors (Lipinski definition) is 1. The zero-order chi connectivity index (χ0) is 13.0. The van der Waals surface area contributed by atoms with Crippen LogP contribution in [0.3, 0.4) is 0 Å². The number of benzene rings is 1. The number of hydrogen-bond acceptors (Lipinski definition) is 3. The van der Waals surface area contributed by atoms with Crippen LogP contribution in [-0.4, -0.2) is 13.1 Å². The van der Waals surface area contributed by atoms with E-state index in [2.05, 4.69) is 0 Å². The molecule has 0 radical (unpaired) electrons. The van der Waals surface area contributed by atoms with Gasteiger partial charge in [-0.3, -0.25) is 4.79 Å². The largest absolute Gasteiger partial charge is 0.469 e. The van der Waals surface area contributed by atoms with Gasteiger partial charge in [-0.05, 0) is 29.9 Å². The standard InChI is InChI=1S/C15H21NO2/c1-18-15(17)14(12-4-2-3-5-12)13-8-6-11(10-16)7-9-13/h6-9,12,14H,2-5,10,16H2,1H3. The fraction of sp³-hybridized carbons (Fsp3) is 0.533. The molecule has 18 heavy (non-hydrogen) atoms. The highest BCUT2D eigenvalue weighted by atomic mass is 16.5. The number of ether oxygens (including phenoxy) is 1. The molecule has 3 heteroatoms. The third-order valence-corrected chi connectivity index (χ3v) is 3.90. The van der Waals surface area contributed by atoms with Gasteiger partial charge in [-0.2, -0.15) is 0 Å². The van der Waals surface area contributed by atoms with Crippen molar-refractivity contribution < 1.29 is 9.53 Å². The molecule has 1 saturated carbocycles. The summed E-state index contributed by atoms with van der Waals surface area (Å²) in [5.74, 6) is 0.216. The van der Waals surface area contributed by atoms with Gasteiger partial charge in [0.25, 0.3) is 0 Å². The van der Waals surface area contributed by atoms with Gasteiger partial charge in [-0.15, -0.1) is 0 Å². The van der Waals surface area contributed by atoms with Crippen molar-refractivity contribution in [1.29, 1.82) is 0 Å². The Hall–Kier alpha value is -1.35. The number of rotatable bonds is 4. The zero-order valence-electron chi connectivity index (χ0n) is 10.9. The minimum absolute atomic E-state index is 0.107. The van der Waals surface area contributed by atoms with Gasteiger partial charge in [0.15, 0.2) is 0 Å². The van der Waals surface area contributed by atoms with E-state index >= 15 is 0 Å². The Bertz CT molecular complexity index is 393. The summed E-state index contributed by atoms with van der Waals surface area (Å²) >= 11 is 0. The van der Waals surface area contributed by atoms with E-state index in [-0.39, 0.29) is 11.9 Å². The van der Waals surface area contributed by atoms with Crippen molar-refractivity contribution in [2.24, 2.45) is 11.7 Å². The van der Waals surface area contributed by atoms with Crippen LogP contribution in [0.25, 0.3) is 0 Å². The topological polar surface area (TPSA) is 52.3 Å². The van der Waals surface area contributed by atoms with Gasteiger partial charge in [0.1, 0.15) is 0 Å². The second-order valence-electron chi connectivity index (χ2n) is 4.99. The summed E-state index contributed by atoms with van der Waals surface area (Å²) < 4.78 is 4.97. The summed E-state index contributed by atoms with van der Waals surface area (Å²) in [5.41, 5.74) is 7.75.